The highest BCUT2D eigenvalue weighted by molar-refractivity contribution is 5.86. The number of aliphatic imine (C=N–C) groups is 1. The Hall–Kier alpha value is -3.02. The second-order valence-electron chi connectivity index (χ2n) is 9.08. The van der Waals surface area contributed by atoms with Crippen molar-refractivity contribution in [3.05, 3.63) is 35.0 Å². The van der Waals surface area contributed by atoms with Gasteiger partial charge in [0.25, 0.3) is 0 Å². The molecule has 2 aromatic rings. The summed E-state index contributed by atoms with van der Waals surface area (Å²) in [5.74, 6) is 0.729. The summed E-state index contributed by atoms with van der Waals surface area (Å²) in [4.78, 5) is 36.1. The summed E-state index contributed by atoms with van der Waals surface area (Å²) in [7, 11) is 3.62. The predicted octanol–water partition coefficient (Wildman–Crippen LogP) is 1.75. The van der Waals surface area contributed by atoms with Gasteiger partial charge in [-0.3, -0.25) is 9.13 Å². The number of carbonyl (C=O) groups is 1. The molecule has 0 amide bonds. The Morgan fingerprint density at radius 2 is 2.09 bits per heavy atom. The minimum Gasteiger partial charge on any atom is -0.443 e. The molecule has 0 saturated carbocycles. The third-order valence-electron chi connectivity index (χ3n) is 5.16. The van der Waals surface area contributed by atoms with Crippen LogP contribution in [0.25, 0.3) is 11.3 Å². The van der Waals surface area contributed by atoms with Gasteiger partial charge in [-0.2, -0.15) is 4.98 Å². The van der Waals surface area contributed by atoms with E-state index in [9.17, 15) is 19.8 Å². The molecule has 180 valence electrons. The normalized spacial score (nSPS) is 21.3. The van der Waals surface area contributed by atoms with Gasteiger partial charge in [0, 0.05) is 32.9 Å². The van der Waals surface area contributed by atoms with Crippen molar-refractivity contribution in [1.29, 1.82) is 0 Å². The van der Waals surface area contributed by atoms with Crippen LogP contribution in [0.15, 0.2) is 34.3 Å². The zero-order valence-corrected chi connectivity index (χ0v) is 19.7. The maximum atomic E-state index is 12.9. The molecule has 0 aromatic carbocycles. The van der Waals surface area contributed by atoms with Crippen LogP contribution in [0.4, 0.5) is 10.6 Å². The predicted molar refractivity (Wildman–Crippen MR) is 122 cm³/mol. The number of carbonyl (C=O) groups excluding carboxylic acids is 1. The first kappa shape index (κ1) is 24.6. The maximum Gasteiger partial charge on any atom is 0.418 e. The highest BCUT2D eigenvalue weighted by atomic mass is 16.6. The second kappa shape index (κ2) is 9.46. The highest BCUT2D eigenvalue weighted by Gasteiger charge is 2.35. The van der Waals surface area contributed by atoms with E-state index in [0.29, 0.717) is 17.1 Å². The lowest BCUT2D eigenvalue weighted by Gasteiger charge is -2.21. The smallest absolute Gasteiger partial charge is 0.418 e. The molecule has 0 bridgehead atoms. The second-order valence-corrected chi connectivity index (χ2v) is 9.08. The molecule has 3 atom stereocenters. The molecule has 3 rings (SSSR count). The van der Waals surface area contributed by atoms with Crippen molar-refractivity contribution < 1.29 is 24.5 Å². The molecule has 2 aromatic heterocycles. The molecule has 0 aliphatic carbocycles. The molecule has 2 N–H and O–H groups in total. The first-order valence-electron chi connectivity index (χ1n) is 10.6. The molecule has 1 aliphatic rings. The Kier molecular flexibility index (Phi) is 7.06. The fourth-order valence-corrected chi connectivity index (χ4v) is 3.31. The van der Waals surface area contributed by atoms with E-state index in [4.69, 9.17) is 9.47 Å². The van der Waals surface area contributed by atoms with Crippen LogP contribution in [0.3, 0.4) is 0 Å². The van der Waals surface area contributed by atoms with Crippen molar-refractivity contribution >= 4 is 17.7 Å². The van der Waals surface area contributed by atoms with Crippen molar-refractivity contribution in [3.63, 3.8) is 0 Å². The number of hydrogen-bond acceptors (Lipinski definition) is 8. The van der Waals surface area contributed by atoms with Gasteiger partial charge in [0.15, 0.2) is 5.82 Å². The average molecular weight is 462 g/mol. The average Bonchev–Trinajstić information content (AvgIpc) is 3.33. The van der Waals surface area contributed by atoms with Gasteiger partial charge in [0.1, 0.15) is 23.8 Å². The van der Waals surface area contributed by atoms with Crippen LogP contribution in [-0.2, 0) is 9.47 Å². The number of hydrogen-bond donors (Lipinski definition) is 2. The first-order chi connectivity index (χ1) is 15.4. The quantitative estimate of drug-likeness (QED) is 0.520. The maximum absolute atomic E-state index is 12.9. The number of rotatable bonds is 4. The zero-order valence-electron chi connectivity index (χ0n) is 19.7. The van der Waals surface area contributed by atoms with Gasteiger partial charge < -0.3 is 24.6 Å². The third kappa shape index (κ3) is 5.49. The van der Waals surface area contributed by atoms with Gasteiger partial charge in [0.2, 0.25) is 0 Å². The Morgan fingerprint density at radius 1 is 1.39 bits per heavy atom. The van der Waals surface area contributed by atoms with Gasteiger partial charge in [-0.15, -0.1) is 0 Å². The van der Waals surface area contributed by atoms with Gasteiger partial charge >= 0.3 is 11.8 Å². The van der Waals surface area contributed by atoms with Gasteiger partial charge in [-0.05, 0) is 39.8 Å². The molecular formula is C22H31N5O6. The number of ether oxygens (including phenoxy) is 2. The topological polar surface area (TPSA) is 131 Å². The highest BCUT2D eigenvalue weighted by Crippen LogP contribution is 2.32. The minimum atomic E-state index is -0.922. The van der Waals surface area contributed by atoms with Crippen molar-refractivity contribution in [3.8, 4) is 11.3 Å². The summed E-state index contributed by atoms with van der Waals surface area (Å²) in [6.45, 7) is 6.70. The Bertz CT molecular complexity index is 1100. The van der Waals surface area contributed by atoms with Crippen LogP contribution in [0.2, 0.25) is 0 Å². The lowest BCUT2D eigenvalue weighted by atomic mass is 10.2. The number of nitrogens with zero attached hydrogens (tertiary/aromatic N) is 5. The van der Waals surface area contributed by atoms with Crippen molar-refractivity contribution in [1.82, 2.24) is 19.0 Å². The van der Waals surface area contributed by atoms with E-state index >= 15 is 0 Å². The van der Waals surface area contributed by atoms with Crippen LogP contribution in [0, 0.1) is 0 Å². The number of aliphatic hydroxyl groups excluding tert-OH is 2. The Balaban J connectivity index is 2.15. The SMILES string of the molecule is CC(=Nc1nc(=O)n([C@H]2C[C@@H](O)C(CO)O2)cc1-c1cccn1C(=O)OC(C)(C)C)N(C)C. The fourth-order valence-electron chi connectivity index (χ4n) is 3.31. The van der Waals surface area contributed by atoms with Crippen LogP contribution in [0.5, 0.6) is 0 Å². The molecule has 33 heavy (non-hydrogen) atoms. The lowest BCUT2D eigenvalue weighted by molar-refractivity contribution is -0.0458. The monoisotopic (exact) mass is 461 g/mol. The van der Waals surface area contributed by atoms with E-state index in [2.05, 4.69) is 9.98 Å². The molecule has 11 heteroatoms. The first-order valence-corrected chi connectivity index (χ1v) is 10.6. The molecular weight excluding hydrogens is 430 g/mol. The third-order valence-corrected chi connectivity index (χ3v) is 5.16. The fraction of sp³-hybridized carbons (Fsp3) is 0.545. The minimum absolute atomic E-state index is 0.110. The summed E-state index contributed by atoms with van der Waals surface area (Å²) in [5.41, 5.74) is -0.508. The van der Waals surface area contributed by atoms with E-state index in [1.165, 1.54) is 15.3 Å². The Morgan fingerprint density at radius 3 is 2.67 bits per heavy atom. The molecule has 0 spiro atoms. The zero-order chi connectivity index (χ0) is 24.5. The van der Waals surface area contributed by atoms with Gasteiger partial charge in [0.05, 0.1) is 24.0 Å². The molecule has 3 heterocycles. The molecule has 1 aliphatic heterocycles. The number of aliphatic hydroxyl groups is 2. The summed E-state index contributed by atoms with van der Waals surface area (Å²) in [6.07, 6.45) is 0.0341. The molecule has 1 unspecified atom stereocenters. The van der Waals surface area contributed by atoms with Crippen LogP contribution < -0.4 is 5.69 Å². The van der Waals surface area contributed by atoms with Crippen molar-refractivity contribution in [2.75, 3.05) is 20.7 Å². The number of amidine groups is 1. The Labute approximate surface area is 191 Å². The van der Waals surface area contributed by atoms with Gasteiger partial charge in [-0.25, -0.2) is 14.6 Å². The van der Waals surface area contributed by atoms with E-state index in [1.807, 2.05) is 14.1 Å². The van der Waals surface area contributed by atoms with Crippen LogP contribution >= 0.6 is 0 Å². The lowest BCUT2D eigenvalue weighted by Crippen LogP contribution is -2.29. The summed E-state index contributed by atoms with van der Waals surface area (Å²) in [5, 5.41) is 19.5. The molecule has 11 nitrogen and oxygen atoms in total. The molecule has 0 radical (unpaired) electrons. The van der Waals surface area contributed by atoms with Crippen LogP contribution in [-0.4, -0.2) is 79.7 Å². The largest absolute Gasteiger partial charge is 0.443 e. The number of aromatic nitrogens is 3. The van der Waals surface area contributed by atoms with Gasteiger partial charge in [-0.1, -0.05) is 0 Å². The summed E-state index contributed by atoms with van der Waals surface area (Å²) in [6, 6.07) is 3.37. The van der Waals surface area contributed by atoms with E-state index in [-0.39, 0.29) is 18.8 Å². The molecule has 1 fully saturated rings. The van der Waals surface area contributed by atoms with Crippen molar-refractivity contribution in [2.24, 2.45) is 4.99 Å². The van der Waals surface area contributed by atoms with E-state index in [1.54, 1.807) is 50.9 Å². The molecule has 1 saturated heterocycles. The standard InChI is InChI=1S/C22H31N5O6/c1-13(25(5)6)23-19-14(15-8-7-9-26(15)21(31)33-22(2,3)4)11-27(20(30)24-19)18-10-16(29)17(12-28)32-18/h7-9,11,16-18,28-29H,10,12H2,1-6H3/t16-,17?,18-/m1/s1. The summed E-state index contributed by atoms with van der Waals surface area (Å²) < 4.78 is 13.7. The van der Waals surface area contributed by atoms with Crippen molar-refractivity contribution in [2.45, 2.75) is 58.2 Å². The van der Waals surface area contributed by atoms with Crippen LogP contribution in [0.1, 0.15) is 40.3 Å². The van der Waals surface area contributed by atoms with E-state index in [0.717, 1.165) is 0 Å². The summed E-state index contributed by atoms with van der Waals surface area (Å²) >= 11 is 0. The van der Waals surface area contributed by atoms with E-state index < -0.39 is 35.8 Å².